The minimum atomic E-state index is 0.633. The lowest BCUT2D eigenvalue weighted by Crippen LogP contribution is -2.02. The van der Waals surface area contributed by atoms with Gasteiger partial charge in [-0.2, -0.15) is 4.68 Å². The van der Waals surface area contributed by atoms with Gasteiger partial charge in [-0.1, -0.05) is 29.4 Å². The molecule has 26 heavy (non-hydrogen) atoms. The van der Waals surface area contributed by atoms with Crippen LogP contribution in [0.3, 0.4) is 0 Å². The smallest absolute Gasteiger partial charge is 0.214 e. The maximum absolute atomic E-state index is 6.02. The predicted molar refractivity (Wildman–Crippen MR) is 100 cm³/mol. The molecular weight excluding hydrogens is 372 g/mol. The lowest BCUT2D eigenvalue weighted by molar-refractivity contribution is 0.410. The van der Waals surface area contributed by atoms with Crippen molar-refractivity contribution in [2.24, 2.45) is 0 Å². The molecule has 0 N–H and O–H groups in total. The van der Waals surface area contributed by atoms with Crippen LogP contribution in [0.4, 0.5) is 0 Å². The fraction of sp³-hybridized carbons (Fsp3) is 0.176. The number of imidazole rings is 1. The Labute approximate surface area is 159 Å². The van der Waals surface area contributed by atoms with Crippen molar-refractivity contribution >= 4 is 29.0 Å². The second-order valence-electron chi connectivity index (χ2n) is 5.68. The summed E-state index contributed by atoms with van der Waals surface area (Å²) in [5, 5.41) is 13.4. The van der Waals surface area contributed by atoms with Crippen LogP contribution in [-0.4, -0.2) is 36.7 Å². The Bertz CT molecular complexity index is 1080. The van der Waals surface area contributed by atoms with Crippen LogP contribution in [0.25, 0.3) is 11.3 Å². The molecule has 7 nitrogen and oxygen atoms in total. The Morgan fingerprint density at radius 2 is 2.08 bits per heavy atom. The summed E-state index contributed by atoms with van der Waals surface area (Å²) in [5.74, 6) is 1.35. The number of pyridine rings is 1. The van der Waals surface area contributed by atoms with Gasteiger partial charge in [0.15, 0.2) is 0 Å². The number of thioether (sulfide) groups is 1. The molecule has 4 rings (SSSR count). The minimum absolute atomic E-state index is 0.633. The van der Waals surface area contributed by atoms with E-state index in [1.807, 2.05) is 54.0 Å². The van der Waals surface area contributed by atoms with E-state index in [0.29, 0.717) is 21.7 Å². The first-order valence-electron chi connectivity index (χ1n) is 7.83. The van der Waals surface area contributed by atoms with Gasteiger partial charge in [-0.25, -0.2) is 4.98 Å². The monoisotopic (exact) mass is 386 g/mol. The highest BCUT2D eigenvalue weighted by molar-refractivity contribution is 7.98. The Hall–Kier alpha value is -2.58. The lowest BCUT2D eigenvalue weighted by Gasteiger charge is -2.10. The number of ether oxygens (including phenoxy) is 1. The van der Waals surface area contributed by atoms with Crippen LogP contribution < -0.4 is 4.74 Å². The number of rotatable bonds is 5. The summed E-state index contributed by atoms with van der Waals surface area (Å²) in [4.78, 5) is 4.58. The van der Waals surface area contributed by atoms with Gasteiger partial charge in [-0.3, -0.25) is 0 Å². The zero-order valence-electron chi connectivity index (χ0n) is 14.1. The van der Waals surface area contributed by atoms with E-state index in [4.69, 9.17) is 16.3 Å². The summed E-state index contributed by atoms with van der Waals surface area (Å²) in [5.41, 5.74) is 3.68. The molecule has 1 aromatic carbocycles. The normalized spacial score (nSPS) is 11.2. The minimum Gasteiger partial charge on any atom is -0.494 e. The van der Waals surface area contributed by atoms with E-state index in [2.05, 4.69) is 20.5 Å². The van der Waals surface area contributed by atoms with Crippen molar-refractivity contribution < 1.29 is 4.74 Å². The number of hydrogen-bond donors (Lipinski definition) is 0. The van der Waals surface area contributed by atoms with Crippen molar-refractivity contribution in [1.29, 1.82) is 0 Å². The molecule has 9 heteroatoms. The van der Waals surface area contributed by atoms with Crippen LogP contribution in [0.1, 0.15) is 11.3 Å². The van der Waals surface area contributed by atoms with Crippen molar-refractivity contribution in [3.63, 3.8) is 0 Å². The highest BCUT2D eigenvalue weighted by Crippen LogP contribution is 2.28. The van der Waals surface area contributed by atoms with Gasteiger partial charge in [-0.15, -0.1) is 5.10 Å². The molecule has 132 valence electrons. The number of hydrogen-bond acceptors (Lipinski definition) is 6. The summed E-state index contributed by atoms with van der Waals surface area (Å²) in [6.45, 7) is 2.02. The van der Waals surface area contributed by atoms with Crippen molar-refractivity contribution in [2.75, 3.05) is 7.11 Å². The zero-order chi connectivity index (χ0) is 18.1. The summed E-state index contributed by atoms with van der Waals surface area (Å²) in [7, 11) is 1.63. The largest absolute Gasteiger partial charge is 0.494 e. The number of aryl methyl sites for hydroxylation is 1. The van der Waals surface area contributed by atoms with Crippen LogP contribution in [0.5, 0.6) is 5.75 Å². The molecule has 0 unspecified atom stereocenters. The van der Waals surface area contributed by atoms with E-state index < -0.39 is 0 Å². The van der Waals surface area contributed by atoms with Gasteiger partial charge in [-0.05, 0) is 47.2 Å². The number of halogens is 1. The molecule has 0 aliphatic rings. The molecule has 0 spiro atoms. The second-order valence-corrected chi connectivity index (χ2v) is 7.06. The van der Waals surface area contributed by atoms with Crippen molar-refractivity contribution in [2.45, 2.75) is 17.8 Å². The summed E-state index contributed by atoms with van der Waals surface area (Å²) < 4.78 is 9.03. The zero-order valence-corrected chi connectivity index (χ0v) is 15.7. The van der Waals surface area contributed by atoms with E-state index >= 15 is 0 Å². The first-order valence-corrected chi connectivity index (χ1v) is 9.20. The molecule has 0 saturated heterocycles. The van der Waals surface area contributed by atoms with Crippen molar-refractivity contribution in [1.82, 2.24) is 29.6 Å². The summed E-state index contributed by atoms with van der Waals surface area (Å²) >= 11 is 7.53. The maximum atomic E-state index is 6.02. The average molecular weight is 387 g/mol. The quantitative estimate of drug-likeness (QED) is 0.488. The standard InChI is InChI=1S/C17H15ClN6OS/c1-11-3-5-15(25-2)14(7-11)24-17(20-21-22-24)26-10-13-9-23-8-12(18)4-6-16(23)19-13/h3-9H,10H2,1-2H3. The Morgan fingerprint density at radius 3 is 2.92 bits per heavy atom. The van der Waals surface area contributed by atoms with E-state index in [1.165, 1.54) is 11.8 Å². The van der Waals surface area contributed by atoms with Gasteiger partial charge < -0.3 is 9.14 Å². The number of nitrogens with zero attached hydrogens (tertiary/aromatic N) is 6. The third-order valence-corrected chi connectivity index (χ3v) is 4.99. The number of tetrazole rings is 1. The Balaban J connectivity index is 1.60. The topological polar surface area (TPSA) is 70.1 Å². The van der Waals surface area contributed by atoms with E-state index in [1.54, 1.807) is 11.8 Å². The molecule has 0 saturated carbocycles. The van der Waals surface area contributed by atoms with Gasteiger partial charge in [0.1, 0.15) is 17.1 Å². The molecule has 0 amide bonds. The molecule has 3 heterocycles. The van der Waals surface area contributed by atoms with E-state index in [-0.39, 0.29) is 0 Å². The molecule has 0 fully saturated rings. The molecule has 0 bridgehead atoms. The molecule has 3 aromatic heterocycles. The maximum Gasteiger partial charge on any atom is 0.214 e. The van der Waals surface area contributed by atoms with Gasteiger partial charge in [0.2, 0.25) is 5.16 Å². The fourth-order valence-corrected chi connectivity index (χ4v) is 3.55. The molecule has 4 aromatic rings. The first kappa shape index (κ1) is 16.9. The van der Waals surface area contributed by atoms with Crippen molar-refractivity contribution in [3.8, 4) is 11.4 Å². The summed E-state index contributed by atoms with van der Waals surface area (Å²) in [6, 6.07) is 9.60. The van der Waals surface area contributed by atoms with Crippen LogP contribution in [0.2, 0.25) is 5.02 Å². The second kappa shape index (κ2) is 6.97. The predicted octanol–water partition coefficient (Wildman–Crippen LogP) is 3.57. The number of fused-ring (bicyclic) bond motifs is 1. The molecular formula is C17H15ClN6OS. The first-order chi connectivity index (χ1) is 12.6. The van der Waals surface area contributed by atoms with Gasteiger partial charge in [0.25, 0.3) is 0 Å². The van der Waals surface area contributed by atoms with E-state index in [9.17, 15) is 0 Å². The highest BCUT2D eigenvalue weighted by atomic mass is 35.5. The van der Waals surface area contributed by atoms with Crippen LogP contribution in [0.15, 0.2) is 47.9 Å². The molecule has 0 atom stereocenters. The third kappa shape index (κ3) is 3.25. The van der Waals surface area contributed by atoms with Gasteiger partial charge >= 0.3 is 0 Å². The molecule has 0 aliphatic carbocycles. The number of aromatic nitrogens is 6. The SMILES string of the molecule is COc1ccc(C)cc1-n1nnnc1SCc1cn2cc(Cl)ccc2n1. The van der Waals surface area contributed by atoms with Gasteiger partial charge in [0, 0.05) is 18.1 Å². The van der Waals surface area contributed by atoms with Crippen LogP contribution >= 0.6 is 23.4 Å². The Morgan fingerprint density at radius 1 is 1.19 bits per heavy atom. The summed E-state index contributed by atoms with van der Waals surface area (Å²) in [6.07, 6.45) is 3.79. The fourth-order valence-electron chi connectivity index (χ4n) is 2.61. The van der Waals surface area contributed by atoms with Crippen LogP contribution in [-0.2, 0) is 5.75 Å². The number of benzene rings is 1. The number of methoxy groups -OCH3 is 1. The van der Waals surface area contributed by atoms with E-state index in [0.717, 1.165) is 22.6 Å². The van der Waals surface area contributed by atoms with Crippen molar-refractivity contribution in [3.05, 3.63) is 59.0 Å². The highest BCUT2D eigenvalue weighted by Gasteiger charge is 2.14. The van der Waals surface area contributed by atoms with Gasteiger partial charge in [0.05, 0.1) is 17.8 Å². The third-order valence-electron chi connectivity index (χ3n) is 3.82. The average Bonchev–Trinajstić information content (AvgIpc) is 3.25. The van der Waals surface area contributed by atoms with Crippen LogP contribution in [0, 0.1) is 6.92 Å². The lowest BCUT2D eigenvalue weighted by atomic mass is 10.2. The Kier molecular flexibility index (Phi) is 4.52. The molecule has 0 radical (unpaired) electrons. The molecule has 0 aliphatic heterocycles.